The van der Waals surface area contributed by atoms with Gasteiger partial charge in [-0.15, -0.1) is 0 Å². The highest BCUT2D eigenvalue weighted by molar-refractivity contribution is 6.07. The van der Waals surface area contributed by atoms with Crippen LogP contribution in [0, 0.1) is 12.7 Å². The van der Waals surface area contributed by atoms with Crippen LogP contribution in [0.1, 0.15) is 35.3 Å². The number of rotatable bonds is 4. The zero-order chi connectivity index (χ0) is 19.8. The number of carboxylic acid groups (broad SMARTS) is 1. The molecule has 0 aliphatic carbocycles. The fourth-order valence-electron chi connectivity index (χ4n) is 3.70. The molecule has 4 rings (SSSR count). The summed E-state index contributed by atoms with van der Waals surface area (Å²) >= 11 is 0. The summed E-state index contributed by atoms with van der Waals surface area (Å²) in [6.45, 7) is 2.22. The Morgan fingerprint density at radius 1 is 1.32 bits per heavy atom. The summed E-state index contributed by atoms with van der Waals surface area (Å²) in [6.07, 6.45) is 1.32. The van der Waals surface area contributed by atoms with Crippen LogP contribution in [0.25, 0.3) is 22.4 Å². The Hall–Kier alpha value is -3.29. The molecule has 1 fully saturated rings. The van der Waals surface area contributed by atoms with Crippen molar-refractivity contribution in [2.45, 2.75) is 32.2 Å². The number of fused-ring (bicyclic) bond motifs is 1. The normalized spacial score (nSPS) is 16.6. The molecule has 8 heteroatoms. The molecule has 1 aliphatic rings. The number of aryl methyl sites for hydroxylation is 1. The van der Waals surface area contributed by atoms with Crippen LogP contribution in [0.2, 0.25) is 0 Å². The number of carbonyl (C=O) groups excluding carboxylic acids is 1. The van der Waals surface area contributed by atoms with E-state index in [9.17, 15) is 14.0 Å². The summed E-state index contributed by atoms with van der Waals surface area (Å²) in [5.41, 5.74) is 2.21. The third kappa shape index (κ3) is 3.21. The van der Waals surface area contributed by atoms with E-state index in [4.69, 9.17) is 9.63 Å². The Labute approximate surface area is 159 Å². The van der Waals surface area contributed by atoms with E-state index in [1.165, 1.54) is 12.1 Å². The number of amides is 1. The lowest BCUT2D eigenvalue weighted by Gasteiger charge is -2.24. The highest BCUT2D eigenvalue weighted by Gasteiger charge is 2.33. The molecule has 28 heavy (non-hydrogen) atoms. The van der Waals surface area contributed by atoms with E-state index in [0.717, 1.165) is 6.42 Å². The van der Waals surface area contributed by atoms with Crippen LogP contribution in [-0.2, 0) is 4.79 Å². The second-order valence-electron chi connectivity index (χ2n) is 6.90. The molecule has 144 valence electrons. The molecule has 1 amide bonds. The minimum absolute atomic E-state index is 0.0899. The average Bonchev–Trinajstić information content (AvgIpc) is 3.27. The third-order valence-corrected chi connectivity index (χ3v) is 5.04. The van der Waals surface area contributed by atoms with Crippen LogP contribution in [0.3, 0.4) is 0 Å². The van der Waals surface area contributed by atoms with Gasteiger partial charge in [-0.05, 0) is 50.1 Å². The molecule has 0 spiro atoms. The van der Waals surface area contributed by atoms with Crippen molar-refractivity contribution in [1.29, 1.82) is 0 Å². The van der Waals surface area contributed by atoms with E-state index in [1.807, 2.05) is 0 Å². The van der Waals surface area contributed by atoms with Crippen molar-refractivity contribution >= 4 is 23.0 Å². The number of aliphatic carboxylic acids is 1. The Morgan fingerprint density at radius 3 is 2.79 bits per heavy atom. The first-order valence-electron chi connectivity index (χ1n) is 9.00. The molecule has 1 unspecified atom stereocenters. The van der Waals surface area contributed by atoms with E-state index >= 15 is 0 Å². The van der Waals surface area contributed by atoms with E-state index in [0.29, 0.717) is 40.9 Å². The Kier molecular flexibility index (Phi) is 4.54. The van der Waals surface area contributed by atoms with E-state index < -0.39 is 5.97 Å². The molecule has 1 saturated heterocycles. The Bertz CT molecular complexity index is 1060. The van der Waals surface area contributed by atoms with Crippen molar-refractivity contribution < 1.29 is 23.6 Å². The number of halogens is 1. The molecule has 0 saturated carbocycles. The monoisotopic (exact) mass is 383 g/mol. The van der Waals surface area contributed by atoms with Crippen LogP contribution in [0.15, 0.2) is 34.9 Å². The highest BCUT2D eigenvalue weighted by Crippen LogP contribution is 2.30. The van der Waals surface area contributed by atoms with Crippen molar-refractivity contribution in [3.63, 3.8) is 0 Å². The van der Waals surface area contributed by atoms with E-state index in [2.05, 4.69) is 10.1 Å². The molecular formula is C20H18FN3O4. The third-order valence-electron chi connectivity index (χ3n) is 5.04. The van der Waals surface area contributed by atoms with E-state index in [-0.39, 0.29) is 29.9 Å². The topological polar surface area (TPSA) is 96.5 Å². The molecule has 0 radical (unpaired) electrons. The number of hydrogen-bond donors (Lipinski definition) is 1. The fraction of sp³-hybridized carbons (Fsp3) is 0.300. The van der Waals surface area contributed by atoms with Crippen molar-refractivity contribution in [1.82, 2.24) is 15.0 Å². The quantitative estimate of drug-likeness (QED) is 0.742. The van der Waals surface area contributed by atoms with Gasteiger partial charge in [0, 0.05) is 18.2 Å². The molecular weight excluding hydrogens is 365 g/mol. The molecule has 1 aromatic carbocycles. The predicted molar refractivity (Wildman–Crippen MR) is 98.2 cm³/mol. The maximum Gasteiger partial charge on any atom is 0.305 e. The van der Waals surface area contributed by atoms with Gasteiger partial charge in [0.25, 0.3) is 11.6 Å². The van der Waals surface area contributed by atoms with Crippen LogP contribution < -0.4 is 0 Å². The van der Waals surface area contributed by atoms with Gasteiger partial charge in [0.05, 0.1) is 28.8 Å². The molecule has 1 N–H and O–H groups in total. The van der Waals surface area contributed by atoms with Gasteiger partial charge in [0.2, 0.25) is 0 Å². The zero-order valence-electron chi connectivity index (χ0n) is 15.2. The average molecular weight is 383 g/mol. The number of aromatic nitrogens is 2. The minimum atomic E-state index is -0.933. The van der Waals surface area contributed by atoms with Crippen molar-refractivity contribution in [2.24, 2.45) is 0 Å². The Morgan fingerprint density at radius 2 is 2.07 bits per heavy atom. The van der Waals surface area contributed by atoms with Crippen LogP contribution in [0.4, 0.5) is 4.39 Å². The van der Waals surface area contributed by atoms with Gasteiger partial charge in [-0.2, -0.15) is 0 Å². The fourth-order valence-corrected chi connectivity index (χ4v) is 3.70. The maximum atomic E-state index is 13.3. The van der Waals surface area contributed by atoms with Gasteiger partial charge >= 0.3 is 5.97 Å². The minimum Gasteiger partial charge on any atom is -0.481 e. The van der Waals surface area contributed by atoms with Gasteiger partial charge < -0.3 is 14.5 Å². The standard InChI is InChI=1S/C20H18FN3O4/c1-11-18-15(20(27)24-8-2-3-14(24)9-17(25)26)10-16(22-19(18)28-23-11)12-4-6-13(21)7-5-12/h4-7,10,14H,2-3,8-9H2,1H3,(H,25,26). The first-order chi connectivity index (χ1) is 13.4. The first kappa shape index (κ1) is 18.1. The number of benzene rings is 1. The van der Waals surface area contributed by atoms with Gasteiger partial charge in [-0.25, -0.2) is 9.37 Å². The summed E-state index contributed by atoms with van der Waals surface area (Å²) in [5.74, 6) is -1.58. The SMILES string of the molecule is Cc1noc2nc(-c3ccc(F)cc3)cc(C(=O)N3CCCC3CC(=O)O)c12. The molecule has 1 atom stereocenters. The number of nitrogens with zero attached hydrogens (tertiary/aromatic N) is 3. The largest absolute Gasteiger partial charge is 0.481 e. The van der Waals surface area contributed by atoms with Crippen molar-refractivity contribution in [3.05, 3.63) is 47.4 Å². The lowest BCUT2D eigenvalue weighted by Crippen LogP contribution is -2.37. The number of hydrogen-bond acceptors (Lipinski definition) is 5. The first-order valence-corrected chi connectivity index (χ1v) is 9.00. The molecule has 3 heterocycles. The maximum absolute atomic E-state index is 13.3. The second-order valence-corrected chi connectivity index (χ2v) is 6.90. The highest BCUT2D eigenvalue weighted by atomic mass is 19.1. The lowest BCUT2D eigenvalue weighted by atomic mass is 10.0. The molecule has 0 bridgehead atoms. The van der Waals surface area contributed by atoms with Gasteiger partial charge in [0.15, 0.2) is 0 Å². The number of carbonyl (C=O) groups is 2. The molecule has 3 aromatic rings. The van der Waals surface area contributed by atoms with Crippen molar-refractivity contribution in [2.75, 3.05) is 6.54 Å². The zero-order valence-corrected chi connectivity index (χ0v) is 15.2. The molecule has 1 aliphatic heterocycles. The second kappa shape index (κ2) is 7.03. The summed E-state index contributed by atoms with van der Waals surface area (Å²) in [6, 6.07) is 7.07. The van der Waals surface area contributed by atoms with Gasteiger partial charge in [0.1, 0.15) is 5.82 Å². The summed E-state index contributed by atoms with van der Waals surface area (Å²) in [4.78, 5) is 30.5. The van der Waals surface area contributed by atoms with Crippen molar-refractivity contribution in [3.8, 4) is 11.3 Å². The van der Waals surface area contributed by atoms with E-state index in [1.54, 1.807) is 30.0 Å². The predicted octanol–water partition coefficient (Wildman–Crippen LogP) is 3.42. The van der Waals surface area contributed by atoms with Gasteiger partial charge in [-0.1, -0.05) is 5.16 Å². The summed E-state index contributed by atoms with van der Waals surface area (Å²) in [7, 11) is 0. The molecule has 2 aromatic heterocycles. The lowest BCUT2D eigenvalue weighted by molar-refractivity contribution is -0.137. The number of pyridine rings is 1. The number of carboxylic acids is 1. The molecule has 7 nitrogen and oxygen atoms in total. The van der Waals surface area contributed by atoms with Gasteiger partial charge in [-0.3, -0.25) is 9.59 Å². The van der Waals surface area contributed by atoms with Crippen LogP contribution >= 0.6 is 0 Å². The summed E-state index contributed by atoms with van der Waals surface area (Å²) in [5, 5.41) is 13.6. The smallest absolute Gasteiger partial charge is 0.305 e. The number of likely N-dealkylation sites (tertiary alicyclic amines) is 1. The van der Waals surface area contributed by atoms with Crippen LogP contribution in [-0.4, -0.2) is 44.6 Å². The summed E-state index contributed by atoms with van der Waals surface area (Å²) < 4.78 is 18.5. The van der Waals surface area contributed by atoms with Crippen LogP contribution in [0.5, 0.6) is 0 Å². The Balaban J connectivity index is 1.80.